The van der Waals surface area contributed by atoms with Crippen molar-refractivity contribution in [3.05, 3.63) is 29.6 Å². The van der Waals surface area contributed by atoms with Crippen LogP contribution < -0.4 is 5.32 Å². The molecule has 1 aromatic carbocycles. The number of benzene rings is 1. The Morgan fingerprint density at radius 2 is 1.93 bits per heavy atom. The fourth-order valence-electron chi connectivity index (χ4n) is 3.81. The summed E-state index contributed by atoms with van der Waals surface area (Å²) in [5.41, 5.74) is 0.161. The van der Waals surface area contributed by atoms with Crippen LogP contribution in [0, 0.1) is 17.7 Å². The zero-order chi connectivity index (χ0) is 19.6. The third-order valence-corrected chi connectivity index (χ3v) is 7.72. The minimum absolute atomic E-state index is 0.0469. The molecule has 8 heteroatoms. The van der Waals surface area contributed by atoms with Gasteiger partial charge in [0.05, 0.1) is 13.2 Å². The van der Waals surface area contributed by atoms with E-state index < -0.39 is 20.7 Å². The van der Waals surface area contributed by atoms with E-state index in [1.807, 2.05) is 0 Å². The summed E-state index contributed by atoms with van der Waals surface area (Å²) in [5, 5.41) is 3.00. The van der Waals surface area contributed by atoms with Gasteiger partial charge in [0.15, 0.2) is 0 Å². The van der Waals surface area contributed by atoms with Crippen molar-refractivity contribution >= 4 is 15.9 Å². The van der Waals surface area contributed by atoms with Gasteiger partial charge in [0.25, 0.3) is 5.91 Å². The highest BCUT2D eigenvalue weighted by atomic mass is 32.2. The van der Waals surface area contributed by atoms with Crippen molar-refractivity contribution in [2.75, 3.05) is 26.3 Å². The van der Waals surface area contributed by atoms with Crippen LogP contribution in [0.25, 0.3) is 0 Å². The third kappa shape index (κ3) is 4.33. The molecule has 0 aromatic heterocycles. The van der Waals surface area contributed by atoms with Crippen LogP contribution in [0.1, 0.15) is 43.5 Å². The van der Waals surface area contributed by atoms with Crippen LogP contribution in [0.4, 0.5) is 4.39 Å². The summed E-state index contributed by atoms with van der Waals surface area (Å²) in [6.45, 7) is 5.20. The summed E-state index contributed by atoms with van der Waals surface area (Å²) < 4.78 is 46.2. The lowest BCUT2D eigenvalue weighted by Gasteiger charge is -2.34. The van der Waals surface area contributed by atoms with Gasteiger partial charge in [-0.2, -0.15) is 4.31 Å². The van der Waals surface area contributed by atoms with E-state index in [-0.39, 0.29) is 43.8 Å². The minimum atomic E-state index is -4.00. The van der Waals surface area contributed by atoms with Gasteiger partial charge in [0.2, 0.25) is 10.0 Å². The molecule has 0 spiro atoms. The summed E-state index contributed by atoms with van der Waals surface area (Å²) in [6.07, 6.45) is 3.10. The maximum Gasteiger partial charge on any atom is 0.251 e. The molecule has 1 N–H and O–H groups in total. The van der Waals surface area contributed by atoms with Crippen LogP contribution in [0.5, 0.6) is 0 Å². The van der Waals surface area contributed by atoms with Gasteiger partial charge in [-0.1, -0.05) is 26.7 Å². The van der Waals surface area contributed by atoms with Gasteiger partial charge in [0.1, 0.15) is 10.7 Å². The van der Waals surface area contributed by atoms with Gasteiger partial charge in [-0.15, -0.1) is 0 Å². The number of halogens is 1. The predicted molar refractivity (Wildman–Crippen MR) is 99.4 cm³/mol. The molecule has 1 saturated heterocycles. The lowest BCUT2D eigenvalue weighted by Crippen LogP contribution is -2.44. The first kappa shape index (κ1) is 20.2. The highest BCUT2D eigenvalue weighted by Gasteiger charge is 2.31. The number of sulfonamides is 1. The van der Waals surface area contributed by atoms with E-state index in [1.54, 1.807) is 0 Å². The van der Waals surface area contributed by atoms with Crippen LogP contribution in [0.2, 0.25) is 0 Å². The van der Waals surface area contributed by atoms with E-state index in [0.717, 1.165) is 31.4 Å². The Hall–Kier alpha value is -1.51. The smallest absolute Gasteiger partial charge is 0.251 e. The molecule has 1 aromatic rings. The minimum Gasteiger partial charge on any atom is -0.379 e. The highest BCUT2D eigenvalue weighted by molar-refractivity contribution is 7.89. The Labute approximate surface area is 160 Å². The fourth-order valence-corrected chi connectivity index (χ4v) is 5.30. The average Bonchev–Trinajstić information content (AvgIpc) is 2.66. The van der Waals surface area contributed by atoms with Gasteiger partial charge in [-0.3, -0.25) is 4.79 Å². The molecule has 3 rings (SSSR count). The second-order valence-electron chi connectivity index (χ2n) is 7.51. The van der Waals surface area contributed by atoms with Gasteiger partial charge >= 0.3 is 0 Å². The van der Waals surface area contributed by atoms with Crippen LogP contribution in [-0.2, 0) is 14.8 Å². The van der Waals surface area contributed by atoms with E-state index >= 15 is 0 Å². The third-order valence-electron chi connectivity index (χ3n) is 5.80. The quantitative estimate of drug-likeness (QED) is 0.845. The molecule has 2 fully saturated rings. The van der Waals surface area contributed by atoms with Crippen LogP contribution in [0.15, 0.2) is 23.1 Å². The number of amides is 1. The largest absolute Gasteiger partial charge is 0.379 e. The topological polar surface area (TPSA) is 75.7 Å². The number of carbonyl (C=O) groups excluding carboxylic acids is 1. The molecule has 1 aliphatic heterocycles. The first-order chi connectivity index (χ1) is 12.8. The molecular formula is C19H27FN2O4S. The van der Waals surface area contributed by atoms with Gasteiger partial charge in [0, 0.05) is 24.7 Å². The number of morpholine rings is 1. The molecule has 3 atom stereocenters. The van der Waals surface area contributed by atoms with Crippen molar-refractivity contribution in [2.24, 2.45) is 11.8 Å². The van der Waals surface area contributed by atoms with Crippen LogP contribution in [-0.4, -0.2) is 51.0 Å². The second-order valence-corrected chi connectivity index (χ2v) is 9.42. The summed E-state index contributed by atoms with van der Waals surface area (Å²) >= 11 is 0. The van der Waals surface area contributed by atoms with E-state index in [0.29, 0.717) is 11.8 Å². The normalized spacial score (nSPS) is 27.3. The SMILES string of the molecule is C[C@H]1[C@H](C)CCC[C@@H]1NC(=O)c1ccc(F)c(S(=O)(=O)N2CCOCC2)c1. The average molecular weight is 399 g/mol. The number of nitrogens with one attached hydrogen (secondary N) is 1. The number of ether oxygens (including phenoxy) is 1. The summed E-state index contributed by atoms with van der Waals surface area (Å²) in [7, 11) is -4.00. The molecule has 150 valence electrons. The second kappa shape index (κ2) is 8.24. The molecular weight excluding hydrogens is 371 g/mol. The number of rotatable bonds is 4. The van der Waals surface area contributed by atoms with Crippen LogP contribution >= 0.6 is 0 Å². The van der Waals surface area contributed by atoms with Crippen molar-refractivity contribution in [2.45, 2.75) is 44.0 Å². The number of hydrogen-bond acceptors (Lipinski definition) is 4. The Balaban J connectivity index is 1.81. The first-order valence-corrected chi connectivity index (χ1v) is 10.9. The zero-order valence-corrected chi connectivity index (χ0v) is 16.6. The fraction of sp³-hybridized carbons (Fsp3) is 0.632. The Bertz CT molecular complexity index is 793. The first-order valence-electron chi connectivity index (χ1n) is 9.49. The molecule has 1 amide bonds. The molecule has 1 saturated carbocycles. The lowest BCUT2D eigenvalue weighted by atomic mass is 9.78. The van der Waals surface area contributed by atoms with Crippen molar-refractivity contribution in [3.63, 3.8) is 0 Å². The maximum atomic E-state index is 14.3. The van der Waals surface area contributed by atoms with E-state index in [1.165, 1.54) is 10.4 Å². The predicted octanol–water partition coefficient (Wildman–Crippen LogP) is 2.40. The van der Waals surface area contributed by atoms with Crippen molar-refractivity contribution in [3.8, 4) is 0 Å². The van der Waals surface area contributed by atoms with Gasteiger partial charge in [-0.05, 0) is 36.5 Å². The van der Waals surface area contributed by atoms with Gasteiger partial charge in [-0.25, -0.2) is 12.8 Å². The molecule has 0 bridgehead atoms. The highest BCUT2D eigenvalue weighted by Crippen LogP contribution is 2.30. The Kier molecular flexibility index (Phi) is 6.18. The van der Waals surface area contributed by atoms with E-state index in [2.05, 4.69) is 19.2 Å². The number of nitrogens with zero attached hydrogens (tertiary/aromatic N) is 1. The maximum absolute atomic E-state index is 14.3. The molecule has 27 heavy (non-hydrogen) atoms. The number of carbonyl (C=O) groups is 1. The van der Waals surface area contributed by atoms with E-state index in [4.69, 9.17) is 4.74 Å². The summed E-state index contributed by atoms with van der Waals surface area (Å²) in [5.74, 6) is -0.341. The van der Waals surface area contributed by atoms with Gasteiger partial charge < -0.3 is 10.1 Å². The zero-order valence-electron chi connectivity index (χ0n) is 15.8. The van der Waals surface area contributed by atoms with Crippen molar-refractivity contribution < 1.29 is 22.3 Å². The Morgan fingerprint density at radius 1 is 1.22 bits per heavy atom. The molecule has 2 aliphatic rings. The number of hydrogen-bond donors (Lipinski definition) is 1. The molecule has 0 radical (unpaired) electrons. The lowest BCUT2D eigenvalue weighted by molar-refractivity contribution is 0.0729. The summed E-state index contributed by atoms with van der Waals surface area (Å²) in [6, 6.07) is 3.58. The molecule has 1 heterocycles. The summed E-state index contributed by atoms with van der Waals surface area (Å²) in [4.78, 5) is 12.2. The van der Waals surface area contributed by atoms with Crippen LogP contribution in [0.3, 0.4) is 0 Å². The monoisotopic (exact) mass is 398 g/mol. The van der Waals surface area contributed by atoms with Crippen molar-refractivity contribution in [1.29, 1.82) is 0 Å². The molecule has 1 aliphatic carbocycles. The molecule has 6 nitrogen and oxygen atoms in total. The van der Waals surface area contributed by atoms with E-state index in [9.17, 15) is 17.6 Å². The van der Waals surface area contributed by atoms with Crippen molar-refractivity contribution in [1.82, 2.24) is 9.62 Å². The standard InChI is InChI=1S/C19H27FN2O4S/c1-13-4-3-5-17(14(13)2)21-19(23)15-6-7-16(20)18(12-15)27(24,25)22-8-10-26-11-9-22/h6-7,12-14,17H,3-5,8-11H2,1-2H3,(H,21,23)/t13-,14+,17+/m1/s1. The molecule has 0 unspecified atom stereocenters. The Morgan fingerprint density at radius 3 is 2.63 bits per heavy atom.